The Bertz CT molecular complexity index is 518. The molecule has 1 atom stereocenters. The molecule has 166 valence electrons. The van der Waals surface area contributed by atoms with Gasteiger partial charge in [0.2, 0.25) is 5.91 Å². The summed E-state index contributed by atoms with van der Waals surface area (Å²) in [6.45, 7) is 6.55. The lowest BCUT2D eigenvalue weighted by molar-refractivity contribution is -0.122. The molecule has 0 aliphatic heterocycles. The Labute approximate surface area is 178 Å². The fourth-order valence-electron chi connectivity index (χ4n) is 2.77. The zero-order valence-electron chi connectivity index (χ0n) is 18.8. The van der Waals surface area contributed by atoms with Crippen LogP contribution in [-0.4, -0.2) is 35.4 Å². The number of carbonyl (C=O) groups excluding carboxylic acids is 1. The third kappa shape index (κ3) is 19.4. The summed E-state index contributed by atoms with van der Waals surface area (Å²) in [5, 5.41) is 20.5. The highest BCUT2D eigenvalue weighted by molar-refractivity contribution is 5.76. The highest BCUT2D eigenvalue weighted by atomic mass is 16.3. The number of hydrogen-bond donors (Lipinski definition) is 3. The molecule has 0 rings (SSSR count). The van der Waals surface area contributed by atoms with E-state index in [4.69, 9.17) is 10.2 Å². The van der Waals surface area contributed by atoms with Gasteiger partial charge in [0, 0.05) is 19.1 Å². The van der Waals surface area contributed by atoms with Gasteiger partial charge in [-0.15, -0.1) is 0 Å². The molecule has 0 aromatic carbocycles. The summed E-state index contributed by atoms with van der Waals surface area (Å²) in [6, 6.07) is -0.164. The van der Waals surface area contributed by atoms with Gasteiger partial charge in [0.1, 0.15) is 0 Å². The zero-order valence-corrected chi connectivity index (χ0v) is 18.8. The first kappa shape index (κ1) is 27.4. The minimum absolute atomic E-state index is 0.00624. The molecule has 3 N–H and O–H groups in total. The predicted octanol–water partition coefficient (Wildman–Crippen LogP) is 5.24. The molecule has 0 aliphatic carbocycles. The van der Waals surface area contributed by atoms with E-state index in [1.165, 1.54) is 0 Å². The van der Waals surface area contributed by atoms with E-state index in [-0.39, 0.29) is 30.6 Å². The maximum Gasteiger partial charge on any atom is 0.220 e. The van der Waals surface area contributed by atoms with Crippen molar-refractivity contribution in [1.82, 2.24) is 5.32 Å². The van der Waals surface area contributed by atoms with Gasteiger partial charge < -0.3 is 15.5 Å². The van der Waals surface area contributed by atoms with Crippen molar-refractivity contribution in [3.8, 4) is 0 Å². The van der Waals surface area contributed by atoms with Crippen LogP contribution in [0, 0.1) is 5.41 Å². The van der Waals surface area contributed by atoms with E-state index in [0.717, 1.165) is 51.4 Å². The van der Waals surface area contributed by atoms with E-state index in [1.54, 1.807) is 6.92 Å². The monoisotopic (exact) mass is 405 g/mol. The molecule has 4 nitrogen and oxygen atoms in total. The topological polar surface area (TPSA) is 69.6 Å². The van der Waals surface area contributed by atoms with E-state index < -0.39 is 0 Å². The Morgan fingerprint density at radius 1 is 0.897 bits per heavy atom. The molecule has 0 fully saturated rings. The summed E-state index contributed by atoms with van der Waals surface area (Å²) >= 11 is 0. The van der Waals surface area contributed by atoms with Gasteiger partial charge in [-0.05, 0) is 57.3 Å². The average Bonchev–Trinajstić information content (AvgIpc) is 2.68. The summed E-state index contributed by atoms with van der Waals surface area (Å²) in [5.74, 6) is 0.00624. The average molecular weight is 406 g/mol. The lowest BCUT2D eigenvalue weighted by Crippen LogP contribution is -2.34. The highest BCUT2D eigenvalue weighted by Gasteiger charge is 2.12. The third-order valence-corrected chi connectivity index (χ3v) is 4.57. The number of unbranched alkanes of at least 4 members (excludes halogenated alkanes) is 2. The van der Waals surface area contributed by atoms with Crippen LogP contribution in [0.15, 0.2) is 48.6 Å². The number of allylic oxidation sites excluding steroid dienone is 8. The number of carbonyl (C=O) groups is 1. The molecule has 1 amide bonds. The second-order valence-corrected chi connectivity index (χ2v) is 8.24. The molecule has 0 bridgehead atoms. The van der Waals surface area contributed by atoms with E-state index in [1.807, 2.05) is 0 Å². The largest absolute Gasteiger partial charge is 0.396 e. The standard InChI is InChI=1S/C25H43NO3/c1-23(22-28)26-24(29)18-14-12-10-8-6-4-5-7-9-11-13-15-19-25(2,3)20-16-17-21-27/h4-5,8-11,15,19,23,27-28H,6-7,12-14,16-18,20-22H2,1-3H3,(H,26,29)/b5-4-,10-8-,11-9-,19-15-/t23-/m1/s1. The van der Waals surface area contributed by atoms with Gasteiger partial charge in [-0.1, -0.05) is 68.9 Å². The first-order valence-corrected chi connectivity index (χ1v) is 11.0. The molecule has 4 heteroatoms. The van der Waals surface area contributed by atoms with Crippen LogP contribution in [0.25, 0.3) is 0 Å². The molecule has 0 heterocycles. The van der Waals surface area contributed by atoms with Crippen molar-refractivity contribution >= 4 is 5.91 Å². The van der Waals surface area contributed by atoms with Crippen molar-refractivity contribution in [3.05, 3.63) is 48.6 Å². The Kier molecular flexibility index (Phi) is 17.3. The summed E-state index contributed by atoms with van der Waals surface area (Å²) in [5.41, 5.74) is 0.205. The number of nitrogens with one attached hydrogen (secondary N) is 1. The van der Waals surface area contributed by atoms with Gasteiger partial charge in [0.25, 0.3) is 0 Å². The van der Waals surface area contributed by atoms with Gasteiger partial charge in [-0.3, -0.25) is 4.79 Å². The second kappa shape index (κ2) is 18.4. The molecule has 0 saturated carbocycles. The first-order valence-electron chi connectivity index (χ1n) is 11.0. The molecule has 0 unspecified atom stereocenters. The number of amides is 1. The van der Waals surface area contributed by atoms with Crippen molar-refractivity contribution in [2.75, 3.05) is 13.2 Å². The lowest BCUT2D eigenvalue weighted by atomic mass is 9.86. The normalized spacial score (nSPS) is 14.0. The van der Waals surface area contributed by atoms with Gasteiger partial charge in [-0.25, -0.2) is 0 Å². The van der Waals surface area contributed by atoms with E-state index in [0.29, 0.717) is 6.42 Å². The van der Waals surface area contributed by atoms with Crippen LogP contribution in [0.1, 0.15) is 78.6 Å². The fraction of sp³-hybridized carbons (Fsp3) is 0.640. The lowest BCUT2D eigenvalue weighted by Gasteiger charge is -2.19. The summed E-state index contributed by atoms with van der Waals surface area (Å²) in [7, 11) is 0. The maximum absolute atomic E-state index is 11.5. The molecule has 0 aromatic heterocycles. The van der Waals surface area contributed by atoms with E-state index in [2.05, 4.69) is 67.8 Å². The van der Waals surface area contributed by atoms with Gasteiger partial charge >= 0.3 is 0 Å². The molecule has 0 radical (unpaired) electrons. The van der Waals surface area contributed by atoms with Crippen LogP contribution >= 0.6 is 0 Å². The second-order valence-electron chi connectivity index (χ2n) is 8.24. The number of rotatable bonds is 17. The summed E-state index contributed by atoms with van der Waals surface area (Å²) in [4.78, 5) is 11.5. The summed E-state index contributed by atoms with van der Waals surface area (Å²) < 4.78 is 0. The molecule has 0 saturated heterocycles. The minimum atomic E-state index is -0.164. The molecule has 0 spiro atoms. The molecule has 0 aromatic rings. The maximum atomic E-state index is 11.5. The van der Waals surface area contributed by atoms with Crippen LogP contribution < -0.4 is 5.32 Å². The Morgan fingerprint density at radius 2 is 1.48 bits per heavy atom. The molecular weight excluding hydrogens is 362 g/mol. The van der Waals surface area contributed by atoms with Gasteiger partial charge in [-0.2, -0.15) is 0 Å². The molecule has 29 heavy (non-hydrogen) atoms. The molecule has 0 aliphatic rings. The van der Waals surface area contributed by atoms with Crippen LogP contribution in [0.2, 0.25) is 0 Å². The zero-order chi connectivity index (χ0) is 21.8. The van der Waals surface area contributed by atoms with Crippen LogP contribution in [0.5, 0.6) is 0 Å². The van der Waals surface area contributed by atoms with Crippen molar-refractivity contribution < 1.29 is 15.0 Å². The van der Waals surface area contributed by atoms with Crippen LogP contribution in [0.4, 0.5) is 0 Å². The Hall–Kier alpha value is -1.65. The van der Waals surface area contributed by atoms with Crippen LogP contribution in [0.3, 0.4) is 0 Å². The molecular formula is C25H43NO3. The summed E-state index contributed by atoms with van der Waals surface area (Å²) in [6.07, 6.45) is 25.6. The van der Waals surface area contributed by atoms with Crippen molar-refractivity contribution in [2.24, 2.45) is 5.41 Å². The highest BCUT2D eigenvalue weighted by Crippen LogP contribution is 2.24. The predicted molar refractivity (Wildman–Crippen MR) is 124 cm³/mol. The van der Waals surface area contributed by atoms with Crippen molar-refractivity contribution in [2.45, 2.75) is 84.6 Å². The fourth-order valence-corrected chi connectivity index (χ4v) is 2.77. The number of hydrogen-bond acceptors (Lipinski definition) is 3. The van der Waals surface area contributed by atoms with Crippen LogP contribution in [-0.2, 0) is 4.79 Å². The third-order valence-electron chi connectivity index (χ3n) is 4.57. The smallest absolute Gasteiger partial charge is 0.220 e. The quantitative estimate of drug-likeness (QED) is 0.229. The van der Waals surface area contributed by atoms with E-state index in [9.17, 15) is 4.79 Å². The SMILES string of the molecule is C[C@H](CO)NC(=O)CCC/C=C\C/C=C\C/C=C\C/C=C\C(C)(C)CCCCO. The Morgan fingerprint density at radius 3 is 2.07 bits per heavy atom. The van der Waals surface area contributed by atoms with Crippen molar-refractivity contribution in [1.29, 1.82) is 0 Å². The number of aliphatic hydroxyl groups excluding tert-OH is 2. The number of aliphatic hydroxyl groups is 2. The van der Waals surface area contributed by atoms with E-state index >= 15 is 0 Å². The minimum Gasteiger partial charge on any atom is -0.396 e. The Balaban J connectivity index is 3.71. The first-order chi connectivity index (χ1) is 13.9. The van der Waals surface area contributed by atoms with Gasteiger partial charge in [0.05, 0.1) is 6.61 Å². The van der Waals surface area contributed by atoms with Crippen molar-refractivity contribution in [3.63, 3.8) is 0 Å². The van der Waals surface area contributed by atoms with Gasteiger partial charge in [0.15, 0.2) is 0 Å².